The first-order valence-electron chi connectivity index (χ1n) is 6.82. The van der Waals surface area contributed by atoms with Crippen LogP contribution in [0.2, 0.25) is 0 Å². The van der Waals surface area contributed by atoms with Gasteiger partial charge in [0, 0.05) is 11.6 Å². The van der Waals surface area contributed by atoms with Crippen molar-refractivity contribution in [3.8, 4) is 22.8 Å². The van der Waals surface area contributed by atoms with Crippen LogP contribution in [0.25, 0.3) is 11.3 Å². The second-order valence-corrected chi connectivity index (χ2v) is 5.02. The molecule has 3 N–H and O–H groups in total. The third-order valence-corrected chi connectivity index (χ3v) is 3.56. The van der Waals surface area contributed by atoms with E-state index in [0.29, 0.717) is 17.0 Å². The van der Waals surface area contributed by atoms with Crippen LogP contribution >= 0.6 is 0 Å². The molecule has 1 heterocycles. The SMILES string of the molecule is Nc1nnc(-c2ccccc2O)cc1OC1CCCC1. The van der Waals surface area contributed by atoms with E-state index in [0.717, 1.165) is 12.8 Å². The first kappa shape index (κ1) is 12.7. The second kappa shape index (κ2) is 5.36. The molecule has 0 aliphatic heterocycles. The Morgan fingerprint density at radius 2 is 1.90 bits per heavy atom. The van der Waals surface area contributed by atoms with Crippen molar-refractivity contribution in [2.24, 2.45) is 0 Å². The van der Waals surface area contributed by atoms with E-state index < -0.39 is 0 Å². The predicted molar refractivity (Wildman–Crippen MR) is 76.4 cm³/mol. The van der Waals surface area contributed by atoms with Gasteiger partial charge in [-0.2, -0.15) is 0 Å². The molecule has 1 aromatic carbocycles. The number of anilines is 1. The number of phenolic OH excluding ortho intramolecular Hbond substituents is 1. The zero-order valence-electron chi connectivity index (χ0n) is 11.1. The fourth-order valence-corrected chi connectivity index (χ4v) is 2.49. The molecular formula is C15H17N3O2. The highest BCUT2D eigenvalue weighted by Crippen LogP contribution is 2.32. The Morgan fingerprint density at radius 1 is 1.15 bits per heavy atom. The van der Waals surface area contributed by atoms with E-state index in [1.165, 1.54) is 12.8 Å². The molecule has 5 nitrogen and oxygen atoms in total. The molecule has 0 saturated heterocycles. The maximum Gasteiger partial charge on any atom is 0.188 e. The topological polar surface area (TPSA) is 81.3 Å². The molecule has 20 heavy (non-hydrogen) atoms. The number of ether oxygens (including phenoxy) is 1. The van der Waals surface area contributed by atoms with Crippen molar-refractivity contribution in [3.05, 3.63) is 30.3 Å². The van der Waals surface area contributed by atoms with Gasteiger partial charge in [0.2, 0.25) is 0 Å². The smallest absolute Gasteiger partial charge is 0.188 e. The van der Waals surface area contributed by atoms with Crippen LogP contribution in [0, 0.1) is 0 Å². The molecule has 1 aliphatic carbocycles. The van der Waals surface area contributed by atoms with Crippen molar-refractivity contribution in [2.45, 2.75) is 31.8 Å². The molecule has 0 atom stereocenters. The summed E-state index contributed by atoms with van der Waals surface area (Å²) in [6.45, 7) is 0. The lowest BCUT2D eigenvalue weighted by Gasteiger charge is -2.14. The number of rotatable bonds is 3. The lowest BCUT2D eigenvalue weighted by molar-refractivity contribution is 0.210. The van der Waals surface area contributed by atoms with Gasteiger partial charge < -0.3 is 15.6 Å². The summed E-state index contributed by atoms with van der Waals surface area (Å²) < 4.78 is 5.90. The third-order valence-electron chi connectivity index (χ3n) is 3.56. The summed E-state index contributed by atoms with van der Waals surface area (Å²) in [4.78, 5) is 0. The fourth-order valence-electron chi connectivity index (χ4n) is 2.49. The molecule has 3 rings (SSSR count). The number of nitrogens with two attached hydrogens (primary N) is 1. The third kappa shape index (κ3) is 2.52. The molecule has 0 bridgehead atoms. The average molecular weight is 271 g/mol. The minimum atomic E-state index is 0.165. The number of para-hydroxylation sites is 1. The van der Waals surface area contributed by atoms with Crippen LogP contribution < -0.4 is 10.5 Å². The number of phenols is 1. The van der Waals surface area contributed by atoms with E-state index in [2.05, 4.69) is 10.2 Å². The fraction of sp³-hybridized carbons (Fsp3) is 0.333. The Hall–Kier alpha value is -2.30. The summed E-state index contributed by atoms with van der Waals surface area (Å²) >= 11 is 0. The minimum absolute atomic E-state index is 0.165. The lowest BCUT2D eigenvalue weighted by atomic mass is 10.1. The molecule has 0 amide bonds. The number of hydrogen-bond donors (Lipinski definition) is 2. The molecule has 0 radical (unpaired) electrons. The maximum atomic E-state index is 9.87. The average Bonchev–Trinajstić information content (AvgIpc) is 2.95. The number of nitrogens with zero attached hydrogens (tertiary/aromatic N) is 2. The van der Waals surface area contributed by atoms with Gasteiger partial charge in [-0.25, -0.2) is 0 Å². The summed E-state index contributed by atoms with van der Waals surface area (Å²) in [5.74, 6) is 1.000. The van der Waals surface area contributed by atoms with Crippen molar-refractivity contribution < 1.29 is 9.84 Å². The van der Waals surface area contributed by atoms with E-state index in [1.807, 2.05) is 6.07 Å². The van der Waals surface area contributed by atoms with Gasteiger partial charge in [0.15, 0.2) is 11.6 Å². The van der Waals surface area contributed by atoms with Crippen LogP contribution in [0.1, 0.15) is 25.7 Å². The summed E-state index contributed by atoms with van der Waals surface area (Å²) in [6, 6.07) is 8.75. The van der Waals surface area contributed by atoms with Crippen LogP contribution in [0.5, 0.6) is 11.5 Å². The Labute approximate surface area is 117 Å². The Morgan fingerprint density at radius 3 is 2.65 bits per heavy atom. The first-order chi connectivity index (χ1) is 9.74. The van der Waals surface area contributed by atoms with Crippen molar-refractivity contribution in [1.82, 2.24) is 10.2 Å². The van der Waals surface area contributed by atoms with E-state index in [4.69, 9.17) is 10.5 Å². The van der Waals surface area contributed by atoms with E-state index in [-0.39, 0.29) is 17.7 Å². The molecule has 104 valence electrons. The Kier molecular flexibility index (Phi) is 3.41. The van der Waals surface area contributed by atoms with Gasteiger partial charge >= 0.3 is 0 Å². The molecular weight excluding hydrogens is 254 g/mol. The van der Waals surface area contributed by atoms with Gasteiger partial charge in [-0.05, 0) is 37.8 Å². The highest BCUT2D eigenvalue weighted by molar-refractivity contribution is 5.68. The molecule has 0 unspecified atom stereocenters. The minimum Gasteiger partial charge on any atom is -0.507 e. The van der Waals surface area contributed by atoms with Crippen molar-refractivity contribution >= 4 is 5.82 Å². The quantitative estimate of drug-likeness (QED) is 0.897. The van der Waals surface area contributed by atoms with E-state index >= 15 is 0 Å². The summed E-state index contributed by atoms with van der Waals surface area (Å²) in [6.07, 6.45) is 4.69. The number of hydrogen-bond acceptors (Lipinski definition) is 5. The van der Waals surface area contributed by atoms with Gasteiger partial charge in [0.05, 0.1) is 6.10 Å². The van der Waals surface area contributed by atoms with Crippen LogP contribution in [0.15, 0.2) is 30.3 Å². The number of nitrogen functional groups attached to an aromatic ring is 1. The van der Waals surface area contributed by atoms with Crippen molar-refractivity contribution in [3.63, 3.8) is 0 Å². The zero-order chi connectivity index (χ0) is 13.9. The molecule has 1 saturated carbocycles. The molecule has 2 aromatic rings. The molecule has 1 aliphatic rings. The molecule has 5 heteroatoms. The van der Waals surface area contributed by atoms with Gasteiger partial charge in [0.25, 0.3) is 0 Å². The van der Waals surface area contributed by atoms with Crippen LogP contribution in [-0.4, -0.2) is 21.4 Å². The highest BCUT2D eigenvalue weighted by atomic mass is 16.5. The van der Waals surface area contributed by atoms with E-state index in [1.54, 1.807) is 24.3 Å². The summed E-state index contributed by atoms with van der Waals surface area (Å²) in [7, 11) is 0. The van der Waals surface area contributed by atoms with Crippen LogP contribution in [0.3, 0.4) is 0 Å². The zero-order valence-corrected chi connectivity index (χ0v) is 11.1. The summed E-state index contributed by atoms with van der Waals surface area (Å²) in [5.41, 5.74) is 7.00. The molecule has 0 spiro atoms. The number of aromatic nitrogens is 2. The first-order valence-corrected chi connectivity index (χ1v) is 6.82. The Balaban J connectivity index is 1.91. The van der Waals surface area contributed by atoms with Gasteiger partial charge in [-0.15, -0.1) is 10.2 Å². The van der Waals surface area contributed by atoms with E-state index in [9.17, 15) is 5.11 Å². The normalized spacial score (nSPS) is 15.4. The Bertz CT molecular complexity index is 610. The van der Waals surface area contributed by atoms with Gasteiger partial charge in [0.1, 0.15) is 11.4 Å². The van der Waals surface area contributed by atoms with Crippen LogP contribution in [-0.2, 0) is 0 Å². The van der Waals surface area contributed by atoms with Crippen molar-refractivity contribution in [1.29, 1.82) is 0 Å². The number of benzene rings is 1. The standard InChI is InChI=1S/C15H17N3O2/c16-15-14(20-10-5-1-2-6-10)9-12(17-18-15)11-7-3-4-8-13(11)19/h3-4,7-10,19H,1-2,5-6H2,(H2,16,18). The van der Waals surface area contributed by atoms with Crippen LogP contribution in [0.4, 0.5) is 5.82 Å². The highest BCUT2D eigenvalue weighted by Gasteiger charge is 2.19. The van der Waals surface area contributed by atoms with Gasteiger partial charge in [-0.1, -0.05) is 12.1 Å². The monoisotopic (exact) mass is 271 g/mol. The molecule has 1 aromatic heterocycles. The van der Waals surface area contributed by atoms with Gasteiger partial charge in [-0.3, -0.25) is 0 Å². The largest absolute Gasteiger partial charge is 0.507 e. The molecule has 1 fully saturated rings. The number of aromatic hydroxyl groups is 1. The second-order valence-electron chi connectivity index (χ2n) is 5.02. The summed E-state index contributed by atoms with van der Waals surface area (Å²) in [5, 5.41) is 17.8. The maximum absolute atomic E-state index is 9.87. The predicted octanol–water partition coefficient (Wildman–Crippen LogP) is 2.75. The van der Waals surface area contributed by atoms with Crippen molar-refractivity contribution in [2.75, 3.05) is 5.73 Å². The lowest BCUT2D eigenvalue weighted by Crippen LogP contribution is -2.13.